The van der Waals surface area contributed by atoms with Crippen LogP contribution in [0.25, 0.3) is 0 Å². The van der Waals surface area contributed by atoms with E-state index >= 15 is 0 Å². The highest BCUT2D eigenvalue weighted by Gasteiger charge is 2.44. The van der Waals surface area contributed by atoms with Crippen molar-refractivity contribution < 1.29 is 4.79 Å². The van der Waals surface area contributed by atoms with Crippen molar-refractivity contribution in [1.82, 2.24) is 0 Å². The van der Waals surface area contributed by atoms with Gasteiger partial charge in [0.1, 0.15) is 0 Å². The Kier molecular flexibility index (Phi) is 6.14. The summed E-state index contributed by atoms with van der Waals surface area (Å²) in [6.07, 6.45) is 5.24. The summed E-state index contributed by atoms with van der Waals surface area (Å²) in [5.41, 5.74) is 2.71. The van der Waals surface area contributed by atoms with Gasteiger partial charge >= 0.3 is 0 Å². The van der Waals surface area contributed by atoms with Gasteiger partial charge in [-0.2, -0.15) is 0 Å². The van der Waals surface area contributed by atoms with Gasteiger partial charge in [0.05, 0.1) is 5.41 Å². The third kappa shape index (κ3) is 3.74. The van der Waals surface area contributed by atoms with Crippen LogP contribution in [0.2, 0.25) is 0 Å². The summed E-state index contributed by atoms with van der Waals surface area (Å²) < 4.78 is 0. The summed E-state index contributed by atoms with van der Waals surface area (Å²) in [4.78, 5) is 13.6. The van der Waals surface area contributed by atoms with Crippen LogP contribution in [0.15, 0.2) is 71.6 Å². The largest absolute Gasteiger partial charge is 0.293 e. The maximum Gasteiger partial charge on any atom is 0.174 e. The molecular weight excluding hydrogens is 324 g/mol. The minimum Gasteiger partial charge on any atom is -0.293 e. The maximum absolute atomic E-state index is 13.6. The lowest BCUT2D eigenvalue weighted by molar-refractivity contribution is -0.120. The molecular formula is C23H26OS. The van der Waals surface area contributed by atoms with E-state index in [9.17, 15) is 4.79 Å². The molecule has 1 saturated carbocycles. The zero-order chi connectivity index (χ0) is 17.5. The Labute approximate surface area is 155 Å². The van der Waals surface area contributed by atoms with E-state index in [-0.39, 0.29) is 0 Å². The summed E-state index contributed by atoms with van der Waals surface area (Å²) in [6.45, 7) is 2.20. The van der Waals surface area contributed by atoms with Crippen molar-refractivity contribution in [2.75, 3.05) is 5.75 Å². The van der Waals surface area contributed by atoms with Gasteiger partial charge in [-0.05, 0) is 48.0 Å². The molecule has 25 heavy (non-hydrogen) atoms. The first-order chi connectivity index (χ1) is 12.3. The summed E-state index contributed by atoms with van der Waals surface area (Å²) in [5.74, 6) is 1.39. The third-order valence-electron chi connectivity index (χ3n) is 5.05. The van der Waals surface area contributed by atoms with Gasteiger partial charge in [-0.1, -0.05) is 74.0 Å². The molecule has 1 fully saturated rings. The first kappa shape index (κ1) is 18.0. The second-order valence-electron chi connectivity index (χ2n) is 6.69. The second-order valence-corrected chi connectivity index (χ2v) is 7.66. The first-order valence-electron chi connectivity index (χ1n) is 9.25. The molecule has 0 unspecified atom stereocenters. The zero-order valence-electron chi connectivity index (χ0n) is 14.9. The molecule has 130 valence electrons. The molecule has 0 heterocycles. The monoisotopic (exact) mass is 350 g/mol. The predicted octanol–water partition coefficient (Wildman–Crippen LogP) is 6.14. The molecule has 0 radical (unpaired) electrons. The highest BCUT2D eigenvalue weighted by atomic mass is 32.2. The predicted molar refractivity (Wildman–Crippen MR) is 108 cm³/mol. The molecule has 0 atom stereocenters. The summed E-state index contributed by atoms with van der Waals surface area (Å²) >= 11 is 1.80. The fraction of sp³-hybridized carbons (Fsp3) is 0.348. The molecule has 0 aliphatic heterocycles. The zero-order valence-corrected chi connectivity index (χ0v) is 15.7. The first-order valence-corrected chi connectivity index (χ1v) is 10.3. The van der Waals surface area contributed by atoms with Crippen LogP contribution in [0.4, 0.5) is 0 Å². The number of Topliss-reactive ketones (excluding diaryl/α,β-unsaturated/α-hetero) is 1. The van der Waals surface area contributed by atoms with E-state index in [2.05, 4.69) is 36.6 Å². The van der Waals surface area contributed by atoms with Gasteiger partial charge in [-0.15, -0.1) is 11.8 Å². The van der Waals surface area contributed by atoms with Gasteiger partial charge in [0.2, 0.25) is 0 Å². The highest BCUT2D eigenvalue weighted by molar-refractivity contribution is 8.02. The second kappa shape index (κ2) is 8.53. The molecule has 0 N–H and O–H groups in total. The number of carbonyl (C=O) groups excluding carboxylic acids is 1. The molecule has 2 aromatic carbocycles. The molecule has 0 bridgehead atoms. The van der Waals surface area contributed by atoms with Gasteiger partial charge in [-0.25, -0.2) is 0 Å². The average Bonchev–Trinajstić information content (AvgIpc) is 2.68. The number of thioether (sulfide) groups is 1. The lowest BCUT2D eigenvalue weighted by Gasteiger charge is -2.38. The lowest BCUT2D eigenvalue weighted by atomic mass is 9.63. The van der Waals surface area contributed by atoms with Crippen molar-refractivity contribution >= 4 is 17.5 Å². The van der Waals surface area contributed by atoms with Crippen LogP contribution in [0.5, 0.6) is 0 Å². The van der Waals surface area contributed by atoms with E-state index in [0.717, 1.165) is 41.7 Å². The fourth-order valence-corrected chi connectivity index (χ4v) is 4.71. The number of carbonyl (C=O) groups is 1. The van der Waals surface area contributed by atoms with Crippen LogP contribution in [-0.4, -0.2) is 11.5 Å². The molecule has 1 nitrogen and oxygen atoms in total. The molecule has 0 aromatic heterocycles. The van der Waals surface area contributed by atoms with Gasteiger partial charge in [0.15, 0.2) is 5.78 Å². The summed E-state index contributed by atoms with van der Waals surface area (Å²) in [5, 5.41) is 2.14. The Balaban J connectivity index is 2.01. The average molecular weight is 351 g/mol. The van der Waals surface area contributed by atoms with Crippen LogP contribution < -0.4 is 0 Å². The maximum atomic E-state index is 13.6. The normalized spacial score (nSPS) is 18.4. The number of ketones is 1. The van der Waals surface area contributed by atoms with Crippen LogP contribution in [0.3, 0.4) is 0 Å². The SMILES string of the molecule is CCCCS/C=C1/CCCC(c2ccccc2)(c2ccccc2)C1=O. The van der Waals surface area contributed by atoms with Crippen molar-refractivity contribution in [3.05, 3.63) is 82.8 Å². The van der Waals surface area contributed by atoms with Crippen molar-refractivity contribution in [3.63, 3.8) is 0 Å². The Hall–Kier alpha value is -1.80. The molecule has 2 heteroatoms. The van der Waals surface area contributed by atoms with Gasteiger partial charge in [-0.3, -0.25) is 4.79 Å². The third-order valence-corrected chi connectivity index (χ3v) is 6.03. The topological polar surface area (TPSA) is 17.1 Å². The molecule has 1 aliphatic carbocycles. The summed E-state index contributed by atoms with van der Waals surface area (Å²) in [6, 6.07) is 20.6. The molecule has 0 saturated heterocycles. The Bertz CT molecular complexity index is 679. The molecule has 3 rings (SSSR count). The minimum atomic E-state index is -0.530. The molecule has 1 aliphatic rings. The van der Waals surface area contributed by atoms with Gasteiger partial charge < -0.3 is 0 Å². The van der Waals surface area contributed by atoms with E-state index in [0.29, 0.717) is 5.78 Å². The summed E-state index contributed by atoms with van der Waals surface area (Å²) in [7, 11) is 0. The van der Waals surface area contributed by atoms with Gasteiger partial charge in [0, 0.05) is 5.57 Å². The number of unbranched alkanes of at least 4 members (excludes halogenated alkanes) is 1. The smallest absolute Gasteiger partial charge is 0.174 e. The number of hydrogen-bond acceptors (Lipinski definition) is 2. The Morgan fingerprint density at radius 3 is 2.16 bits per heavy atom. The van der Waals surface area contributed by atoms with Gasteiger partial charge in [0.25, 0.3) is 0 Å². The van der Waals surface area contributed by atoms with Crippen molar-refractivity contribution in [3.8, 4) is 0 Å². The van der Waals surface area contributed by atoms with Crippen molar-refractivity contribution in [2.45, 2.75) is 44.4 Å². The van der Waals surface area contributed by atoms with Crippen molar-refractivity contribution in [1.29, 1.82) is 0 Å². The van der Waals surface area contributed by atoms with Crippen LogP contribution >= 0.6 is 11.8 Å². The molecule has 0 spiro atoms. The highest BCUT2D eigenvalue weighted by Crippen LogP contribution is 2.44. The van der Waals surface area contributed by atoms with Crippen LogP contribution in [0.1, 0.15) is 50.2 Å². The standard InChI is InChI=1S/C23H26OS/c1-2-3-17-25-18-19-11-10-16-23(22(19)24,20-12-6-4-7-13-20)21-14-8-5-9-15-21/h4-9,12-15,18H,2-3,10-11,16-17H2,1H3/b19-18-. The van der Waals surface area contributed by atoms with E-state index < -0.39 is 5.41 Å². The Morgan fingerprint density at radius 1 is 1.00 bits per heavy atom. The quantitative estimate of drug-likeness (QED) is 0.459. The van der Waals surface area contributed by atoms with E-state index in [1.54, 1.807) is 11.8 Å². The molecule has 2 aromatic rings. The number of allylic oxidation sites excluding steroid dienone is 1. The van der Waals surface area contributed by atoms with Crippen molar-refractivity contribution in [2.24, 2.45) is 0 Å². The Morgan fingerprint density at radius 2 is 1.60 bits per heavy atom. The van der Waals surface area contributed by atoms with E-state index in [1.165, 1.54) is 12.8 Å². The van der Waals surface area contributed by atoms with Crippen LogP contribution in [-0.2, 0) is 10.2 Å². The fourth-order valence-electron chi connectivity index (χ4n) is 3.71. The minimum absolute atomic E-state index is 0.292. The molecule has 0 amide bonds. The number of hydrogen-bond donors (Lipinski definition) is 0. The number of benzene rings is 2. The van der Waals surface area contributed by atoms with Crippen LogP contribution in [0, 0.1) is 0 Å². The lowest BCUT2D eigenvalue weighted by Crippen LogP contribution is -2.41. The van der Waals surface area contributed by atoms with E-state index in [4.69, 9.17) is 0 Å². The number of rotatable bonds is 6. The van der Waals surface area contributed by atoms with E-state index in [1.807, 2.05) is 36.4 Å².